The van der Waals surface area contributed by atoms with Crippen molar-refractivity contribution >= 4 is 28.9 Å². The van der Waals surface area contributed by atoms with E-state index < -0.39 is 16.5 Å². The zero-order valence-electron chi connectivity index (χ0n) is 14.6. The average molecular weight is 381 g/mol. The van der Waals surface area contributed by atoms with Gasteiger partial charge in [-0.25, -0.2) is 9.97 Å². The Morgan fingerprint density at radius 1 is 1.07 bits per heavy atom. The van der Waals surface area contributed by atoms with E-state index in [1.807, 2.05) is 0 Å². The number of hydrogen-bond donors (Lipinski definition) is 3. The van der Waals surface area contributed by atoms with E-state index >= 15 is 0 Å². The van der Waals surface area contributed by atoms with E-state index in [1.165, 1.54) is 19.5 Å². The van der Waals surface area contributed by atoms with Crippen LogP contribution in [0, 0.1) is 10.1 Å². The molecule has 0 bridgehead atoms. The van der Waals surface area contributed by atoms with Crippen LogP contribution in [-0.2, 0) is 0 Å². The van der Waals surface area contributed by atoms with Crippen molar-refractivity contribution in [2.75, 3.05) is 17.9 Å². The predicted octanol–water partition coefficient (Wildman–Crippen LogP) is 2.29. The van der Waals surface area contributed by atoms with Gasteiger partial charge in [0.05, 0.1) is 12.0 Å². The van der Waals surface area contributed by atoms with Crippen molar-refractivity contribution in [3.8, 4) is 5.75 Å². The zero-order chi connectivity index (χ0) is 19.9. The Morgan fingerprint density at radius 2 is 1.75 bits per heavy atom. The maximum atomic E-state index is 12.2. The summed E-state index contributed by atoms with van der Waals surface area (Å²) in [5.41, 5.74) is 5.32. The first-order chi connectivity index (χ1) is 13.6. The summed E-state index contributed by atoms with van der Waals surface area (Å²) >= 11 is 0. The Kier molecular flexibility index (Phi) is 5.55. The van der Waals surface area contributed by atoms with Gasteiger partial charge in [-0.2, -0.15) is 0 Å². The zero-order valence-corrected chi connectivity index (χ0v) is 14.6. The highest BCUT2D eigenvalue weighted by molar-refractivity contribution is 5.95. The quantitative estimate of drug-likeness (QED) is 0.414. The SMILES string of the molecule is COc1ccc(C(=O)NNc2ncnc(Nc3ccncc3)c2[N+](=O)[O-])cc1. The molecule has 11 heteroatoms. The fourth-order valence-corrected chi connectivity index (χ4v) is 2.24. The first kappa shape index (κ1) is 18.5. The average Bonchev–Trinajstić information content (AvgIpc) is 2.72. The topological polar surface area (TPSA) is 144 Å². The Bertz CT molecular complexity index is 981. The van der Waals surface area contributed by atoms with Crippen LogP contribution in [0.1, 0.15) is 10.4 Å². The van der Waals surface area contributed by atoms with E-state index in [4.69, 9.17) is 4.74 Å². The second-order valence-corrected chi connectivity index (χ2v) is 5.35. The molecule has 0 saturated heterocycles. The van der Waals surface area contributed by atoms with E-state index in [2.05, 4.69) is 31.1 Å². The van der Waals surface area contributed by atoms with Gasteiger partial charge in [0.25, 0.3) is 5.91 Å². The lowest BCUT2D eigenvalue weighted by Crippen LogP contribution is -2.30. The Hall–Kier alpha value is -4.28. The van der Waals surface area contributed by atoms with Gasteiger partial charge in [-0.15, -0.1) is 0 Å². The van der Waals surface area contributed by atoms with Gasteiger partial charge in [-0.1, -0.05) is 0 Å². The van der Waals surface area contributed by atoms with Gasteiger partial charge in [0, 0.05) is 23.6 Å². The molecular formula is C17H15N7O4. The second kappa shape index (κ2) is 8.40. The molecule has 0 radical (unpaired) electrons. The second-order valence-electron chi connectivity index (χ2n) is 5.35. The van der Waals surface area contributed by atoms with Crippen LogP contribution < -0.4 is 20.9 Å². The van der Waals surface area contributed by atoms with Crippen molar-refractivity contribution in [2.24, 2.45) is 0 Å². The highest BCUT2D eigenvalue weighted by Crippen LogP contribution is 2.30. The highest BCUT2D eigenvalue weighted by atomic mass is 16.6. The molecule has 0 saturated carbocycles. The maximum Gasteiger partial charge on any atom is 0.355 e. The van der Waals surface area contributed by atoms with Crippen molar-refractivity contribution in [1.29, 1.82) is 0 Å². The third-order valence-corrected chi connectivity index (χ3v) is 3.59. The molecule has 28 heavy (non-hydrogen) atoms. The van der Waals surface area contributed by atoms with Crippen LogP contribution in [0.2, 0.25) is 0 Å². The molecule has 0 aliphatic rings. The summed E-state index contributed by atoms with van der Waals surface area (Å²) in [5, 5.41) is 14.4. The molecule has 2 heterocycles. The number of hydrogen-bond acceptors (Lipinski definition) is 9. The summed E-state index contributed by atoms with van der Waals surface area (Å²) in [6, 6.07) is 9.62. The first-order valence-corrected chi connectivity index (χ1v) is 7.95. The smallest absolute Gasteiger partial charge is 0.355 e. The molecule has 1 aromatic carbocycles. The number of nitrogens with zero attached hydrogens (tertiary/aromatic N) is 4. The van der Waals surface area contributed by atoms with Crippen molar-refractivity contribution in [1.82, 2.24) is 20.4 Å². The number of carbonyl (C=O) groups is 1. The van der Waals surface area contributed by atoms with Crippen molar-refractivity contribution < 1.29 is 14.5 Å². The lowest BCUT2D eigenvalue weighted by atomic mass is 10.2. The fourth-order valence-electron chi connectivity index (χ4n) is 2.24. The lowest BCUT2D eigenvalue weighted by Gasteiger charge is -2.11. The van der Waals surface area contributed by atoms with Gasteiger partial charge in [0.2, 0.25) is 11.6 Å². The number of methoxy groups -OCH3 is 1. The number of ether oxygens (including phenoxy) is 1. The van der Waals surface area contributed by atoms with E-state index in [9.17, 15) is 14.9 Å². The number of amides is 1. The van der Waals surface area contributed by atoms with Crippen molar-refractivity contribution in [3.05, 3.63) is 70.8 Å². The van der Waals surface area contributed by atoms with E-state index in [0.717, 1.165) is 6.33 Å². The molecule has 0 aliphatic heterocycles. The molecular weight excluding hydrogens is 366 g/mol. The highest BCUT2D eigenvalue weighted by Gasteiger charge is 2.23. The normalized spacial score (nSPS) is 10.0. The van der Waals surface area contributed by atoms with E-state index in [1.54, 1.807) is 36.4 Å². The number of nitrogens with one attached hydrogen (secondary N) is 3. The third kappa shape index (κ3) is 4.27. The fraction of sp³-hybridized carbons (Fsp3) is 0.0588. The molecule has 3 N–H and O–H groups in total. The lowest BCUT2D eigenvalue weighted by molar-refractivity contribution is -0.383. The molecule has 1 amide bonds. The molecule has 0 aliphatic carbocycles. The summed E-state index contributed by atoms with van der Waals surface area (Å²) in [4.78, 5) is 34.7. The number of hydrazine groups is 1. The largest absolute Gasteiger partial charge is 0.497 e. The number of anilines is 3. The van der Waals surface area contributed by atoms with Gasteiger partial charge >= 0.3 is 5.69 Å². The van der Waals surface area contributed by atoms with Crippen LogP contribution in [-0.4, -0.2) is 32.9 Å². The minimum absolute atomic E-state index is 0.0348. The molecule has 142 valence electrons. The maximum absolute atomic E-state index is 12.2. The van der Waals surface area contributed by atoms with Crippen molar-refractivity contribution in [2.45, 2.75) is 0 Å². The number of aromatic nitrogens is 3. The summed E-state index contributed by atoms with van der Waals surface area (Å²) in [7, 11) is 1.52. The number of pyridine rings is 1. The molecule has 2 aromatic heterocycles. The molecule has 3 aromatic rings. The van der Waals surface area contributed by atoms with Gasteiger partial charge < -0.3 is 10.1 Å². The summed E-state index contributed by atoms with van der Waals surface area (Å²) in [5.74, 6) is -0.104. The Morgan fingerprint density at radius 3 is 2.39 bits per heavy atom. The number of nitro groups is 1. The minimum atomic E-state index is -0.647. The Balaban J connectivity index is 1.78. The minimum Gasteiger partial charge on any atom is -0.497 e. The van der Waals surface area contributed by atoms with Crippen LogP contribution in [0.3, 0.4) is 0 Å². The van der Waals surface area contributed by atoms with Gasteiger partial charge in [-0.3, -0.25) is 30.7 Å². The molecule has 3 rings (SSSR count). The monoisotopic (exact) mass is 381 g/mol. The summed E-state index contributed by atoms with van der Waals surface area (Å²) < 4.78 is 5.03. The predicted molar refractivity (Wildman–Crippen MR) is 100 cm³/mol. The van der Waals surface area contributed by atoms with E-state index in [0.29, 0.717) is 17.0 Å². The summed E-state index contributed by atoms with van der Waals surface area (Å²) in [6.45, 7) is 0. The third-order valence-electron chi connectivity index (χ3n) is 3.59. The van der Waals surface area contributed by atoms with Crippen molar-refractivity contribution in [3.63, 3.8) is 0 Å². The Labute approximate surface area is 158 Å². The number of benzene rings is 1. The van der Waals surface area contributed by atoms with Crippen LogP contribution in [0.15, 0.2) is 55.1 Å². The first-order valence-electron chi connectivity index (χ1n) is 7.95. The molecule has 0 atom stereocenters. The van der Waals surface area contributed by atoms with Gasteiger partial charge in [0.15, 0.2) is 0 Å². The van der Waals surface area contributed by atoms with Crippen LogP contribution >= 0.6 is 0 Å². The van der Waals surface area contributed by atoms with Gasteiger partial charge in [0.1, 0.15) is 12.1 Å². The van der Waals surface area contributed by atoms with Crippen LogP contribution in [0.5, 0.6) is 5.75 Å². The molecule has 11 nitrogen and oxygen atoms in total. The molecule has 0 fully saturated rings. The number of rotatable bonds is 7. The number of carbonyl (C=O) groups excluding carboxylic acids is 1. The molecule has 0 unspecified atom stereocenters. The summed E-state index contributed by atoms with van der Waals surface area (Å²) in [6.07, 6.45) is 4.20. The van der Waals surface area contributed by atoms with Crippen LogP contribution in [0.25, 0.3) is 0 Å². The van der Waals surface area contributed by atoms with E-state index in [-0.39, 0.29) is 11.6 Å². The standard InChI is InChI=1S/C17H15N7O4/c1-28-13-4-2-11(3-5-13)17(25)23-22-16-14(24(26)27)15(19-10-20-16)21-12-6-8-18-9-7-12/h2-10H,1H3,(H,23,25)(H2,18,19,20,21,22). The van der Waals surface area contributed by atoms with Crippen LogP contribution in [0.4, 0.5) is 23.0 Å². The molecule has 0 spiro atoms. The van der Waals surface area contributed by atoms with Gasteiger partial charge in [-0.05, 0) is 36.4 Å².